The van der Waals surface area contributed by atoms with Crippen molar-refractivity contribution in [3.8, 4) is 0 Å². The third-order valence-electron chi connectivity index (χ3n) is 7.84. The molecule has 2 nitrogen and oxygen atoms in total. The average molecular weight is 416 g/mol. The maximum absolute atomic E-state index is 15.1. The molecule has 168 valence electrons. The molecule has 1 heterocycles. The normalized spacial score (nSPS) is 24.1. The fourth-order valence-electron chi connectivity index (χ4n) is 5.31. The number of Topliss-reactive ketones (excluding diaryl/α,β-unsaturated/α-hetero) is 1. The molecule has 0 bridgehead atoms. The molecule has 0 aromatic carbocycles. The van der Waals surface area contributed by atoms with Crippen LogP contribution in [-0.2, 0) is 4.79 Å². The van der Waals surface area contributed by atoms with Gasteiger partial charge in [0.25, 0.3) is 0 Å². The molecular weight excluding hydrogens is 373 g/mol. The predicted octanol–water partition coefficient (Wildman–Crippen LogP) is 7.60. The molecule has 0 amide bonds. The molecule has 0 saturated carbocycles. The van der Waals surface area contributed by atoms with Gasteiger partial charge in [-0.3, -0.25) is 4.79 Å². The van der Waals surface area contributed by atoms with Crippen LogP contribution >= 0.6 is 0 Å². The zero-order chi connectivity index (χ0) is 22.6. The lowest BCUT2D eigenvalue weighted by Crippen LogP contribution is -2.42. The van der Waals surface area contributed by atoms with Crippen molar-refractivity contribution < 1.29 is 9.18 Å². The monoisotopic (exact) mass is 415 g/mol. The van der Waals surface area contributed by atoms with Gasteiger partial charge in [0, 0.05) is 35.9 Å². The molecular formula is C27H42FNO. The third kappa shape index (κ3) is 4.98. The van der Waals surface area contributed by atoms with E-state index in [2.05, 4.69) is 45.8 Å². The van der Waals surface area contributed by atoms with Crippen molar-refractivity contribution >= 4 is 5.78 Å². The van der Waals surface area contributed by atoms with Crippen molar-refractivity contribution in [2.75, 3.05) is 7.05 Å². The highest BCUT2D eigenvalue weighted by atomic mass is 19.1. The van der Waals surface area contributed by atoms with Crippen molar-refractivity contribution in [3.05, 3.63) is 48.1 Å². The van der Waals surface area contributed by atoms with E-state index in [1.165, 1.54) is 0 Å². The molecule has 0 radical (unpaired) electrons. The second-order valence-electron chi connectivity index (χ2n) is 9.98. The number of carbonyl (C=O) groups is 1. The third-order valence-corrected chi connectivity index (χ3v) is 7.84. The van der Waals surface area contributed by atoms with Crippen molar-refractivity contribution in [2.24, 2.45) is 29.1 Å². The summed E-state index contributed by atoms with van der Waals surface area (Å²) in [7, 11) is 1.99. The number of halogens is 1. The maximum atomic E-state index is 15.1. The van der Waals surface area contributed by atoms with Crippen LogP contribution in [0.2, 0.25) is 0 Å². The summed E-state index contributed by atoms with van der Waals surface area (Å²) in [6, 6.07) is 0. The molecule has 2 aliphatic rings. The van der Waals surface area contributed by atoms with Crippen LogP contribution in [-0.4, -0.2) is 17.7 Å². The Bertz CT molecular complexity index is 723. The van der Waals surface area contributed by atoms with Gasteiger partial charge in [-0.25, -0.2) is 4.39 Å². The van der Waals surface area contributed by atoms with E-state index in [1.807, 2.05) is 20.0 Å². The summed E-state index contributed by atoms with van der Waals surface area (Å²) in [5.74, 6) is 0.209. The van der Waals surface area contributed by atoms with Gasteiger partial charge >= 0.3 is 0 Å². The predicted molar refractivity (Wildman–Crippen MR) is 125 cm³/mol. The molecule has 3 heteroatoms. The Kier molecular flexibility index (Phi) is 8.30. The smallest absolute Gasteiger partial charge is 0.168 e. The largest absolute Gasteiger partial charge is 0.352 e. The number of hydrogen-bond donors (Lipinski definition) is 0. The number of nitrogens with zero attached hydrogens (tertiary/aromatic N) is 1. The fraction of sp³-hybridized carbons (Fsp3) is 0.667. The molecule has 1 fully saturated rings. The van der Waals surface area contributed by atoms with Crippen LogP contribution in [0.5, 0.6) is 0 Å². The fourth-order valence-corrected chi connectivity index (χ4v) is 5.31. The van der Waals surface area contributed by atoms with Crippen LogP contribution in [0.3, 0.4) is 0 Å². The highest BCUT2D eigenvalue weighted by Crippen LogP contribution is 2.47. The molecule has 0 N–H and O–H groups in total. The second-order valence-corrected chi connectivity index (χ2v) is 9.98. The van der Waals surface area contributed by atoms with E-state index in [1.54, 1.807) is 6.08 Å². The molecule has 1 aliphatic heterocycles. The first-order valence-corrected chi connectivity index (χ1v) is 11.8. The zero-order valence-corrected chi connectivity index (χ0v) is 20.1. The van der Waals surface area contributed by atoms with E-state index in [9.17, 15) is 4.79 Å². The minimum atomic E-state index is -0.316. The Balaban J connectivity index is 2.16. The van der Waals surface area contributed by atoms with Crippen LogP contribution in [0.25, 0.3) is 0 Å². The van der Waals surface area contributed by atoms with Gasteiger partial charge in [-0.2, -0.15) is 0 Å². The number of allylic oxidation sites excluding steroid dienone is 6. The highest BCUT2D eigenvalue weighted by molar-refractivity contribution is 6.01. The number of piperidine rings is 1. The van der Waals surface area contributed by atoms with Crippen molar-refractivity contribution in [1.82, 2.24) is 4.90 Å². The number of ketones is 1. The van der Waals surface area contributed by atoms with E-state index in [0.717, 1.165) is 56.3 Å². The number of carbonyl (C=O) groups excluding carboxylic acids is 1. The van der Waals surface area contributed by atoms with Crippen molar-refractivity contribution in [1.29, 1.82) is 0 Å². The Labute approximate surface area is 184 Å². The van der Waals surface area contributed by atoms with E-state index >= 15 is 4.39 Å². The van der Waals surface area contributed by atoms with Gasteiger partial charge in [0.2, 0.25) is 0 Å². The van der Waals surface area contributed by atoms with Gasteiger partial charge in [0.05, 0.1) is 0 Å². The number of rotatable bonds is 9. The second kappa shape index (κ2) is 10.1. The maximum Gasteiger partial charge on any atom is 0.168 e. The van der Waals surface area contributed by atoms with Gasteiger partial charge in [-0.05, 0) is 42.6 Å². The van der Waals surface area contributed by atoms with Crippen LogP contribution in [0.15, 0.2) is 48.1 Å². The number of hydrogen-bond acceptors (Lipinski definition) is 2. The Hall–Kier alpha value is -1.64. The Morgan fingerprint density at radius 2 is 1.87 bits per heavy atom. The molecule has 3 atom stereocenters. The Morgan fingerprint density at radius 3 is 2.40 bits per heavy atom. The first-order valence-electron chi connectivity index (χ1n) is 11.8. The summed E-state index contributed by atoms with van der Waals surface area (Å²) in [4.78, 5) is 15.4. The lowest BCUT2D eigenvalue weighted by Gasteiger charge is -2.46. The molecule has 0 aromatic heterocycles. The average Bonchev–Trinajstić information content (AvgIpc) is 2.70. The topological polar surface area (TPSA) is 20.3 Å². The van der Waals surface area contributed by atoms with E-state index in [-0.39, 0.29) is 40.4 Å². The van der Waals surface area contributed by atoms with Crippen molar-refractivity contribution in [2.45, 2.75) is 79.6 Å². The van der Waals surface area contributed by atoms with Crippen molar-refractivity contribution in [3.63, 3.8) is 0 Å². The quantitative estimate of drug-likeness (QED) is 0.386. The molecule has 2 rings (SSSR count). The van der Waals surface area contributed by atoms with Crippen LogP contribution in [0.1, 0.15) is 79.6 Å². The minimum Gasteiger partial charge on any atom is -0.352 e. The first kappa shape index (κ1) is 24.6. The first-order chi connectivity index (χ1) is 14.1. The summed E-state index contributed by atoms with van der Waals surface area (Å²) in [5, 5.41) is 0. The lowest BCUT2D eigenvalue weighted by atomic mass is 9.63. The lowest BCUT2D eigenvalue weighted by molar-refractivity contribution is -0.123. The van der Waals surface area contributed by atoms with E-state index in [4.69, 9.17) is 0 Å². The summed E-state index contributed by atoms with van der Waals surface area (Å²) >= 11 is 0. The van der Waals surface area contributed by atoms with Crippen LogP contribution in [0.4, 0.5) is 4.39 Å². The molecule has 30 heavy (non-hydrogen) atoms. The van der Waals surface area contributed by atoms with Crippen LogP contribution < -0.4 is 0 Å². The Morgan fingerprint density at radius 1 is 1.27 bits per heavy atom. The summed E-state index contributed by atoms with van der Waals surface area (Å²) in [5.41, 5.74) is 2.05. The van der Waals surface area contributed by atoms with E-state index in [0.29, 0.717) is 5.92 Å². The van der Waals surface area contributed by atoms with Gasteiger partial charge in [0.15, 0.2) is 5.78 Å². The molecule has 1 aliphatic carbocycles. The molecule has 1 saturated heterocycles. The van der Waals surface area contributed by atoms with Crippen LogP contribution in [0, 0.1) is 29.1 Å². The number of likely N-dealkylation sites (tertiary alicyclic amines) is 1. The van der Waals surface area contributed by atoms with Gasteiger partial charge in [0.1, 0.15) is 5.83 Å². The minimum absolute atomic E-state index is 0.0745. The van der Waals surface area contributed by atoms with Gasteiger partial charge in [-0.15, -0.1) is 0 Å². The van der Waals surface area contributed by atoms with Gasteiger partial charge < -0.3 is 4.90 Å². The zero-order valence-electron chi connectivity index (χ0n) is 20.1. The summed E-state index contributed by atoms with van der Waals surface area (Å²) in [6.07, 6.45) is 10.7. The van der Waals surface area contributed by atoms with E-state index < -0.39 is 0 Å². The summed E-state index contributed by atoms with van der Waals surface area (Å²) < 4.78 is 15.1. The summed E-state index contributed by atoms with van der Waals surface area (Å²) in [6.45, 7) is 19.0. The standard InChI is InChI=1S/C27H42FNO/c1-9-11-21(12-10-2)22-14-15-23(25(28)17-22)26(30)19(4)27(6,7)24-16-13-18(3)29(8)20(24)5/h15,17,19,21-22,24H,3,5,9-14,16H2,1-2,4,6-8H3/t19?,22-,24?/m1/s1. The molecule has 0 aromatic rings. The molecule has 0 spiro atoms. The van der Waals surface area contributed by atoms with Gasteiger partial charge in [-0.1, -0.05) is 79.5 Å². The molecule has 2 unspecified atom stereocenters. The highest BCUT2D eigenvalue weighted by Gasteiger charge is 2.43. The SMILES string of the molecule is C=C1CCC(C(C)(C)C(C)C(=O)C2=CC[C@@H](C(CCC)CCC)C=C2F)C(=C)N1C.